The molecule has 2 aliphatic rings. The normalized spacial score (nSPS) is 25.5. The number of carbonyl (C=O) groups is 1. The highest BCUT2D eigenvalue weighted by atomic mass is 35.5. The van der Waals surface area contributed by atoms with Crippen LogP contribution in [-0.2, 0) is 0 Å². The lowest BCUT2D eigenvalue weighted by Gasteiger charge is -2.20. The van der Waals surface area contributed by atoms with Gasteiger partial charge in [-0.1, -0.05) is 23.7 Å². The number of furan rings is 1. The number of fused-ring (bicyclic) bond motifs is 2. The zero-order chi connectivity index (χ0) is 15.8. The molecule has 5 nitrogen and oxygen atoms in total. The van der Waals surface area contributed by atoms with Crippen LogP contribution in [0.25, 0.3) is 0 Å². The third-order valence-corrected chi connectivity index (χ3v) is 4.78. The van der Waals surface area contributed by atoms with Gasteiger partial charge in [-0.2, -0.15) is 0 Å². The van der Waals surface area contributed by atoms with E-state index in [4.69, 9.17) is 20.8 Å². The average Bonchev–Trinajstić information content (AvgIpc) is 3.26. The first kappa shape index (κ1) is 14.6. The van der Waals surface area contributed by atoms with Gasteiger partial charge in [0.2, 0.25) is 0 Å². The Bertz CT molecular complexity index is 730. The van der Waals surface area contributed by atoms with Gasteiger partial charge in [0.15, 0.2) is 5.76 Å². The van der Waals surface area contributed by atoms with Crippen molar-refractivity contribution >= 4 is 17.5 Å². The molecule has 0 unspecified atom stereocenters. The minimum Gasteiger partial charge on any atom is -0.424 e. The maximum atomic E-state index is 12.3. The standard InChI is InChI=1S/C17H17ClN2O3/c18-11-3-1-2-4-14(11)22-16-8-7-15(23-16)17(21)20-13-9-10-5-6-12(13)19-10/h1-4,7-8,10,12-13,19H,5-6,9H2,(H,20,21)/t10-,12+,13-/m1/s1. The first-order valence-corrected chi connectivity index (χ1v) is 8.16. The Balaban J connectivity index is 1.41. The summed E-state index contributed by atoms with van der Waals surface area (Å²) < 4.78 is 11.0. The van der Waals surface area contributed by atoms with Crippen molar-refractivity contribution in [2.75, 3.05) is 0 Å². The smallest absolute Gasteiger partial charge is 0.290 e. The topological polar surface area (TPSA) is 63.5 Å². The predicted octanol–water partition coefficient (Wildman–Crippen LogP) is 3.35. The van der Waals surface area contributed by atoms with Crippen molar-refractivity contribution in [3.8, 4) is 11.7 Å². The molecule has 0 aliphatic carbocycles. The molecule has 0 saturated carbocycles. The second kappa shape index (κ2) is 5.91. The Kier molecular flexibility index (Phi) is 3.75. The number of para-hydroxylation sites is 1. The van der Waals surface area contributed by atoms with Crippen molar-refractivity contribution in [1.29, 1.82) is 0 Å². The van der Waals surface area contributed by atoms with Gasteiger partial charge in [0.1, 0.15) is 5.75 Å². The summed E-state index contributed by atoms with van der Waals surface area (Å²) >= 11 is 6.04. The van der Waals surface area contributed by atoms with Crippen LogP contribution in [0.4, 0.5) is 0 Å². The fraction of sp³-hybridized carbons (Fsp3) is 0.353. The van der Waals surface area contributed by atoms with Gasteiger partial charge in [-0.15, -0.1) is 0 Å². The SMILES string of the molecule is O=C(N[C@@H]1C[C@H]2CC[C@@H]1N2)c1ccc(Oc2ccccc2Cl)o1. The third-order valence-electron chi connectivity index (χ3n) is 4.47. The number of hydrogen-bond donors (Lipinski definition) is 2. The lowest BCUT2D eigenvalue weighted by atomic mass is 9.95. The van der Waals surface area contributed by atoms with Crippen LogP contribution in [-0.4, -0.2) is 24.0 Å². The van der Waals surface area contributed by atoms with Crippen LogP contribution in [0.3, 0.4) is 0 Å². The number of benzene rings is 1. The first-order chi connectivity index (χ1) is 11.2. The van der Waals surface area contributed by atoms with E-state index in [9.17, 15) is 4.79 Å². The van der Waals surface area contributed by atoms with Crippen molar-refractivity contribution in [2.24, 2.45) is 0 Å². The molecule has 2 fully saturated rings. The van der Waals surface area contributed by atoms with Crippen LogP contribution in [0.1, 0.15) is 29.8 Å². The van der Waals surface area contributed by atoms with Crippen LogP contribution < -0.4 is 15.4 Å². The lowest BCUT2D eigenvalue weighted by Crippen LogP contribution is -2.42. The van der Waals surface area contributed by atoms with Gasteiger partial charge >= 0.3 is 0 Å². The molecular weight excluding hydrogens is 316 g/mol. The van der Waals surface area contributed by atoms with Crippen molar-refractivity contribution in [3.05, 3.63) is 47.2 Å². The Morgan fingerprint density at radius 2 is 2.13 bits per heavy atom. The van der Waals surface area contributed by atoms with Crippen LogP contribution in [0.15, 0.2) is 40.8 Å². The molecule has 3 heterocycles. The number of ether oxygens (including phenoxy) is 1. The van der Waals surface area contributed by atoms with Gasteiger partial charge in [-0.05, 0) is 37.5 Å². The highest BCUT2D eigenvalue weighted by molar-refractivity contribution is 6.32. The number of hydrogen-bond acceptors (Lipinski definition) is 4. The summed E-state index contributed by atoms with van der Waals surface area (Å²) in [4.78, 5) is 12.3. The predicted molar refractivity (Wildman–Crippen MR) is 86.1 cm³/mol. The van der Waals surface area contributed by atoms with Crippen LogP contribution in [0, 0.1) is 0 Å². The van der Waals surface area contributed by atoms with Crippen molar-refractivity contribution in [2.45, 2.75) is 37.4 Å². The average molecular weight is 333 g/mol. The fourth-order valence-electron chi connectivity index (χ4n) is 3.36. The third kappa shape index (κ3) is 2.94. The molecule has 4 rings (SSSR count). The highest BCUT2D eigenvalue weighted by Crippen LogP contribution is 2.31. The Morgan fingerprint density at radius 1 is 1.26 bits per heavy atom. The van der Waals surface area contributed by atoms with E-state index in [1.165, 1.54) is 6.42 Å². The largest absolute Gasteiger partial charge is 0.424 e. The summed E-state index contributed by atoms with van der Waals surface area (Å²) in [5.74, 6) is 0.773. The van der Waals surface area contributed by atoms with Crippen molar-refractivity contribution < 1.29 is 13.9 Å². The minimum atomic E-state index is -0.210. The Morgan fingerprint density at radius 3 is 2.87 bits per heavy atom. The van der Waals surface area contributed by atoms with E-state index in [0.29, 0.717) is 22.9 Å². The van der Waals surface area contributed by atoms with E-state index in [-0.39, 0.29) is 23.7 Å². The highest BCUT2D eigenvalue weighted by Gasteiger charge is 2.39. The minimum absolute atomic E-state index is 0.180. The van der Waals surface area contributed by atoms with E-state index < -0.39 is 0 Å². The summed E-state index contributed by atoms with van der Waals surface area (Å²) in [5.41, 5.74) is 0. The molecular formula is C17H17ClN2O3. The van der Waals surface area contributed by atoms with Crippen LogP contribution in [0.2, 0.25) is 5.02 Å². The quantitative estimate of drug-likeness (QED) is 0.901. The van der Waals surface area contributed by atoms with Crippen molar-refractivity contribution in [3.63, 3.8) is 0 Å². The summed E-state index contributed by atoms with van der Waals surface area (Å²) in [7, 11) is 0. The Hall–Kier alpha value is -1.98. The van der Waals surface area contributed by atoms with Gasteiger partial charge in [-0.25, -0.2) is 0 Å². The van der Waals surface area contributed by atoms with E-state index in [1.807, 2.05) is 12.1 Å². The van der Waals surface area contributed by atoms with E-state index in [2.05, 4.69) is 10.6 Å². The van der Waals surface area contributed by atoms with Gasteiger partial charge in [0.25, 0.3) is 11.9 Å². The second-order valence-electron chi connectivity index (χ2n) is 6.01. The molecule has 1 aromatic heterocycles. The second-order valence-corrected chi connectivity index (χ2v) is 6.42. The zero-order valence-corrected chi connectivity index (χ0v) is 13.2. The maximum absolute atomic E-state index is 12.3. The van der Waals surface area contributed by atoms with E-state index in [1.54, 1.807) is 24.3 Å². The molecule has 2 aromatic rings. The van der Waals surface area contributed by atoms with Crippen LogP contribution >= 0.6 is 11.6 Å². The van der Waals surface area contributed by atoms with E-state index in [0.717, 1.165) is 12.8 Å². The summed E-state index contributed by atoms with van der Waals surface area (Å²) in [6.45, 7) is 0. The molecule has 120 valence electrons. The Labute approximate surface area is 139 Å². The molecule has 0 spiro atoms. The number of halogens is 1. The number of carbonyl (C=O) groups excluding carboxylic acids is 1. The molecule has 3 atom stereocenters. The van der Waals surface area contributed by atoms with Gasteiger partial charge in [0.05, 0.1) is 5.02 Å². The molecule has 0 radical (unpaired) electrons. The summed E-state index contributed by atoms with van der Waals surface area (Å²) in [6, 6.07) is 11.5. The molecule has 6 heteroatoms. The fourth-order valence-corrected chi connectivity index (χ4v) is 3.53. The number of nitrogens with one attached hydrogen (secondary N) is 2. The monoisotopic (exact) mass is 332 g/mol. The molecule has 1 amide bonds. The van der Waals surface area contributed by atoms with Crippen LogP contribution in [0.5, 0.6) is 11.7 Å². The van der Waals surface area contributed by atoms with Gasteiger partial charge in [0, 0.05) is 24.2 Å². The first-order valence-electron chi connectivity index (χ1n) is 7.78. The summed E-state index contributed by atoms with van der Waals surface area (Å²) in [6.07, 6.45) is 3.31. The summed E-state index contributed by atoms with van der Waals surface area (Å²) in [5, 5.41) is 7.02. The molecule has 2 aliphatic heterocycles. The van der Waals surface area contributed by atoms with Gasteiger partial charge in [-0.3, -0.25) is 4.79 Å². The van der Waals surface area contributed by atoms with E-state index >= 15 is 0 Å². The zero-order valence-electron chi connectivity index (χ0n) is 12.4. The lowest BCUT2D eigenvalue weighted by molar-refractivity contribution is 0.0898. The number of rotatable bonds is 4. The molecule has 1 aromatic carbocycles. The number of amides is 1. The molecule has 23 heavy (non-hydrogen) atoms. The molecule has 2 N–H and O–H groups in total. The van der Waals surface area contributed by atoms with Crippen molar-refractivity contribution in [1.82, 2.24) is 10.6 Å². The maximum Gasteiger partial charge on any atom is 0.290 e. The van der Waals surface area contributed by atoms with Gasteiger partial charge < -0.3 is 19.8 Å². The molecule has 2 bridgehead atoms. The molecule has 2 saturated heterocycles.